The van der Waals surface area contributed by atoms with E-state index in [2.05, 4.69) is 0 Å². The number of rotatable bonds is 7. The lowest BCUT2D eigenvalue weighted by molar-refractivity contribution is -0.277. The van der Waals surface area contributed by atoms with Gasteiger partial charge in [-0.2, -0.15) is 0 Å². The first kappa shape index (κ1) is 31.4. The minimum absolute atomic E-state index is 0.0946. The second kappa shape index (κ2) is 12.2. The van der Waals surface area contributed by atoms with Gasteiger partial charge >= 0.3 is 5.97 Å². The highest BCUT2D eigenvalue weighted by Gasteiger charge is 2.49. The highest BCUT2D eigenvalue weighted by molar-refractivity contribution is 5.88. The predicted molar refractivity (Wildman–Crippen MR) is 141 cm³/mol. The van der Waals surface area contributed by atoms with Gasteiger partial charge in [-0.15, -0.1) is 0 Å². The van der Waals surface area contributed by atoms with Crippen LogP contribution < -0.4 is 14.9 Å². The number of carbonyl (C=O) groups is 1. The van der Waals surface area contributed by atoms with Crippen LogP contribution in [0.4, 0.5) is 0 Å². The normalized spacial score (nSPS) is 32.3. The molecule has 1 aromatic heterocycles. The van der Waals surface area contributed by atoms with Crippen LogP contribution in [0.1, 0.15) is 0 Å². The number of aliphatic carboxylic acids is 1. The lowest BCUT2D eigenvalue weighted by Crippen LogP contribution is -2.61. The molecule has 0 bridgehead atoms. The van der Waals surface area contributed by atoms with Crippen molar-refractivity contribution in [2.45, 2.75) is 61.4 Å². The maximum absolute atomic E-state index is 13.7. The first-order chi connectivity index (χ1) is 20.8. The topological polar surface area (TPSA) is 286 Å². The van der Waals surface area contributed by atoms with Crippen molar-refractivity contribution < 1.29 is 79.2 Å². The molecule has 2 fully saturated rings. The molecule has 2 aliphatic rings. The van der Waals surface area contributed by atoms with Gasteiger partial charge in [-0.25, -0.2) is 4.79 Å². The molecule has 0 amide bonds. The number of aliphatic hydroxyl groups is 7. The monoisotopic (exact) mass is 624 g/mol. The zero-order chi connectivity index (χ0) is 32.0. The van der Waals surface area contributed by atoms with Crippen LogP contribution in [-0.2, 0) is 14.3 Å². The standard InChI is InChI=1S/C27H28O17/c28-7-13-15(31)17(33)20(36)26(42-13)40-10-5-11(30)14-12(6-10)41-22(8-1-3-9(29)4-2-8)23(16(14)32)43-27-21(37)18(34)19(35)24(44-27)25(38)39/h1-6,13,15,17-21,24,26-31,33-37H,7H2,(H,38,39)/t13-,15-,17+,18+,19+,20-,21-,24+,26-,27-/m1/s1. The van der Waals surface area contributed by atoms with Crippen LogP contribution in [-0.4, -0.2) is 125 Å². The van der Waals surface area contributed by atoms with Gasteiger partial charge in [0.2, 0.25) is 23.8 Å². The molecule has 44 heavy (non-hydrogen) atoms. The molecule has 17 nitrogen and oxygen atoms in total. The van der Waals surface area contributed by atoms with E-state index in [1.54, 1.807) is 0 Å². The van der Waals surface area contributed by atoms with Gasteiger partial charge in [0.1, 0.15) is 70.9 Å². The third-order valence-electron chi connectivity index (χ3n) is 7.18. The Labute approximate surface area is 245 Å². The molecule has 0 unspecified atom stereocenters. The quantitative estimate of drug-likeness (QED) is 0.128. The van der Waals surface area contributed by atoms with Crippen molar-refractivity contribution in [2.75, 3.05) is 6.61 Å². The fourth-order valence-corrected chi connectivity index (χ4v) is 4.80. The number of carboxylic acid groups (broad SMARTS) is 1. The second-order valence-electron chi connectivity index (χ2n) is 10.1. The molecule has 0 aliphatic carbocycles. The summed E-state index contributed by atoms with van der Waals surface area (Å²) in [4.78, 5) is 25.3. The zero-order valence-corrected chi connectivity index (χ0v) is 22.3. The molecule has 0 spiro atoms. The summed E-state index contributed by atoms with van der Waals surface area (Å²) in [5.41, 5.74) is -1.32. The minimum Gasteiger partial charge on any atom is -0.508 e. The van der Waals surface area contributed by atoms with Gasteiger partial charge in [-0.05, 0) is 24.3 Å². The first-order valence-electron chi connectivity index (χ1n) is 13.0. The Bertz CT molecular complexity index is 1570. The van der Waals surface area contributed by atoms with Crippen LogP contribution in [0.15, 0.2) is 45.6 Å². The SMILES string of the molecule is O=C(O)[C@H]1O[C@@H](Oc2c(-c3ccc(O)cc3)oc3cc(O[C@@H]4O[C@H](CO)[C@@H](O)[C@H](O)[C@H]4O)cc(O)c3c2=O)[C@H](O)[C@@H](O)[C@@H]1O. The van der Waals surface area contributed by atoms with Crippen LogP contribution >= 0.6 is 0 Å². The highest BCUT2D eigenvalue weighted by Crippen LogP contribution is 2.38. The van der Waals surface area contributed by atoms with Crippen molar-refractivity contribution in [3.63, 3.8) is 0 Å². The van der Waals surface area contributed by atoms with E-state index >= 15 is 0 Å². The molecule has 5 rings (SSSR count). The fraction of sp³-hybridized carbons (Fsp3) is 0.407. The average molecular weight is 625 g/mol. The van der Waals surface area contributed by atoms with Gasteiger partial charge in [0.25, 0.3) is 0 Å². The summed E-state index contributed by atoms with van der Waals surface area (Å²) in [6.07, 6.45) is -18.4. The molecule has 0 saturated carbocycles. The number of ether oxygens (including phenoxy) is 4. The number of phenols is 2. The van der Waals surface area contributed by atoms with Gasteiger partial charge < -0.3 is 74.4 Å². The summed E-state index contributed by atoms with van der Waals surface area (Å²) < 4.78 is 27.4. The van der Waals surface area contributed by atoms with E-state index in [-0.39, 0.29) is 28.4 Å². The van der Waals surface area contributed by atoms with Crippen molar-refractivity contribution in [3.05, 3.63) is 46.6 Å². The van der Waals surface area contributed by atoms with Crippen molar-refractivity contribution >= 4 is 16.9 Å². The molecule has 2 aromatic carbocycles. The van der Waals surface area contributed by atoms with E-state index in [0.29, 0.717) is 0 Å². The van der Waals surface area contributed by atoms with Crippen LogP contribution in [0.25, 0.3) is 22.3 Å². The van der Waals surface area contributed by atoms with Crippen molar-refractivity contribution in [2.24, 2.45) is 0 Å². The third kappa shape index (κ3) is 5.63. The van der Waals surface area contributed by atoms with E-state index in [0.717, 1.165) is 12.1 Å². The molecule has 10 N–H and O–H groups in total. The van der Waals surface area contributed by atoms with Crippen LogP contribution in [0.5, 0.6) is 23.0 Å². The predicted octanol–water partition coefficient (Wildman–Crippen LogP) is -2.68. The summed E-state index contributed by atoms with van der Waals surface area (Å²) >= 11 is 0. The van der Waals surface area contributed by atoms with Gasteiger partial charge in [0, 0.05) is 17.7 Å². The number of hydrogen-bond donors (Lipinski definition) is 10. The molecular formula is C27H28O17. The maximum Gasteiger partial charge on any atom is 0.335 e. The van der Waals surface area contributed by atoms with E-state index in [9.17, 15) is 60.7 Å². The van der Waals surface area contributed by atoms with E-state index in [1.165, 1.54) is 24.3 Å². The summed E-state index contributed by atoms with van der Waals surface area (Å²) in [6, 6.07) is 7.07. The lowest BCUT2D eigenvalue weighted by Gasteiger charge is -2.39. The highest BCUT2D eigenvalue weighted by atomic mass is 16.7. The fourth-order valence-electron chi connectivity index (χ4n) is 4.80. The van der Waals surface area contributed by atoms with Crippen LogP contribution in [0, 0.1) is 0 Å². The Morgan fingerprint density at radius 1 is 0.795 bits per heavy atom. The van der Waals surface area contributed by atoms with Crippen molar-refractivity contribution in [1.82, 2.24) is 0 Å². The van der Waals surface area contributed by atoms with Crippen LogP contribution in [0.2, 0.25) is 0 Å². The number of fused-ring (bicyclic) bond motifs is 1. The molecule has 0 radical (unpaired) electrons. The average Bonchev–Trinajstić information content (AvgIpc) is 2.98. The zero-order valence-electron chi connectivity index (χ0n) is 22.3. The molecule has 3 aromatic rings. The second-order valence-corrected chi connectivity index (χ2v) is 10.1. The molecule has 10 atom stereocenters. The Hall–Kier alpha value is -4.04. The van der Waals surface area contributed by atoms with Crippen molar-refractivity contribution in [1.29, 1.82) is 0 Å². The summed E-state index contributed by atoms with van der Waals surface area (Å²) in [6.45, 7) is -0.732. The summed E-state index contributed by atoms with van der Waals surface area (Å²) in [5.74, 6) is -4.00. The largest absolute Gasteiger partial charge is 0.508 e. The maximum atomic E-state index is 13.7. The summed E-state index contributed by atoms with van der Waals surface area (Å²) in [5, 5.41) is 99.8. The minimum atomic E-state index is -2.06. The Balaban J connectivity index is 1.58. The van der Waals surface area contributed by atoms with E-state index in [4.69, 9.17) is 23.4 Å². The lowest BCUT2D eigenvalue weighted by atomic mass is 9.99. The number of benzene rings is 2. The molecule has 2 aliphatic heterocycles. The molecular weight excluding hydrogens is 596 g/mol. The Morgan fingerprint density at radius 3 is 2.02 bits per heavy atom. The summed E-state index contributed by atoms with van der Waals surface area (Å²) in [7, 11) is 0. The van der Waals surface area contributed by atoms with Gasteiger partial charge in [-0.1, -0.05) is 0 Å². The van der Waals surface area contributed by atoms with Crippen LogP contribution in [0.3, 0.4) is 0 Å². The van der Waals surface area contributed by atoms with E-state index in [1.807, 2.05) is 0 Å². The first-order valence-corrected chi connectivity index (χ1v) is 13.0. The molecule has 2 saturated heterocycles. The number of phenolic OH excluding ortho intramolecular Hbond substituents is 2. The number of hydrogen-bond acceptors (Lipinski definition) is 16. The molecule has 238 valence electrons. The number of carboxylic acids is 1. The van der Waals surface area contributed by atoms with Gasteiger partial charge in [0.05, 0.1) is 6.61 Å². The van der Waals surface area contributed by atoms with Gasteiger partial charge in [-0.3, -0.25) is 4.79 Å². The molecule has 3 heterocycles. The van der Waals surface area contributed by atoms with Crippen molar-refractivity contribution in [3.8, 4) is 34.3 Å². The smallest absolute Gasteiger partial charge is 0.335 e. The molecule has 17 heteroatoms. The van der Waals surface area contributed by atoms with E-state index < -0.39 is 96.3 Å². The Kier molecular flexibility index (Phi) is 8.67. The number of aliphatic hydroxyl groups excluding tert-OH is 7. The van der Waals surface area contributed by atoms with Gasteiger partial charge in [0.15, 0.2) is 11.9 Å². The number of aromatic hydroxyl groups is 2. The third-order valence-corrected chi connectivity index (χ3v) is 7.18. The Morgan fingerprint density at radius 2 is 1.41 bits per heavy atom.